The van der Waals surface area contributed by atoms with E-state index in [1.807, 2.05) is 12.1 Å². The number of ether oxygens (including phenoxy) is 1. The molecule has 0 radical (unpaired) electrons. The van der Waals surface area contributed by atoms with Crippen LogP contribution in [0.1, 0.15) is 5.56 Å². The molecule has 0 atom stereocenters. The zero-order valence-corrected chi connectivity index (χ0v) is 11.4. The first-order valence-electron chi connectivity index (χ1n) is 3.86. The zero-order chi connectivity index (χ0) is 11.0. The molecule has 0 saturated carbocycles. The van der Waals surface area contributed by atoms with Gasteiger partial charge in [0.15, 0.2) is 11.5 Å². The number of methoxy groups -OCH3 is 1. The molecule has 0 amide bonds. The van der Waals surface area contributed by atoms with E-state index in [1.54, 1.807) is 30.9 Å². The van der Waals surface area contributed by atoms with Gasteiger partial charge in [0, 0.05) is 0 Å². The molecule has 0 spiro atoms. The van der Waals surface area contributed by atoms with Gasteiger partial charge in [-0.25, -0.2) is 0 Å². The number of halogens is 1. The maximum atomic E-state index is 9.25. The van der Waals surface area contributed by atoms with Gasteiger partial charge in [-0.3, -0.25) is 0 Å². The molecule has 3 N–H and O–H groups in total. The van der Waals surface area contributed by atoms with Gasteiger partial charge in [0.2, 0.25) is 0 Å². The van der Waals surface area contributed by atoms with Gasteiger partial charge < -0.3 is 16.0 Å². The predicted octanol–water partition coefficient (Wildman–Crippen LogP) is 3.53. The van der Waals surface area contributed by atoms with E-state index < -0.39 is 0 Å². The smallest absolute Gasteiger partial charge is 0.693 e. The van der Waals surface area contributed by atoms with Crippen LogP contribution in [0.15, 0.2) is 30.9 Å². The summed E-state index contributed by atoms with van der Waals surface area (Å²) in [6, 6.07) is 5.27. The second-order valence-corrected chi connectivity index (χ2v) is 2.50. The number of hydrogen-bond donors (Lipinski definition) is 1. The molecular formula is C10H14ClNO2Pt. The average Bonchev–Trinajstić information content (AvgIpc) is 2.24. The zero-order valence-electron chi connectivity index (χ0n) is 8.35. The Bertz CT molecular complexity index is 295. The van der Waals surface area contributed by atoms with Crippen molar-refractivity contribution >= 4 is 9.42 Å². The third kappa shape index (κ3) is 5.83. The average molecular weight is 411 g/mol. The second kappa shape index (κ2) is 10.0. The molecule has 0 heterocycles. The summed E-state index contributed by atoms with van der Waals surface area (Å²) in [6.07, 6.45) is 2.60. The molecule has 1 aromatic carbocycles. The molecule has 0 aliphatic carbocycles. The van der Waals surface area contributed by atoms with Crippen LogP contribution in [0.3, 0.4) is 0 Å². The normalized spacial score (nSPS) is 8.00. The predicted molar refractivity (Wildman–Crippen MR) is 59.7 cm³/mol. The van der Waals surface area contributed by atoms with Crippen molar-refractivity contribution in [2.24, 2.45) is 0 Å². The van der Waals surface area contributed by atoms with Crippen LogP contribution in [0.5, 0.6) is 11.5 Å². The Morgan fingerprint density at radius 3 is 2.60 bits per heavy atom. The minimum Gasteiger partial charge on any atom is -0.693 e. The molecule has 88 valence electrons. The van der Waals surface area contributed by atoms with Crippen molar-refractivity contribution < 1.29 is 28.6 Å². The maximum Gasteiger partial charge on any atom is -0.693 e. The molecule has 5 heteroatoms. The van der Waals surface area contributed by atoms with Gasteiger partial charge in [-0.15, -0.1) is 6.58 Å². The van der Waals surface area contributed by atoms with Crippen molar-refractivity contribution in [3.8, 4) is 11.5 Å². The summed E-state index contributed by atoms with van der Waals surface area (Å²) in [5.41, 5.74) is 1.08. The van der Waals surface area contributed by atoms with Crippen LogP contribution in [0.2, 0.25) is 0 Å². The number of allylic oxidation sites excluding steroid dienone is 1. The van der Waals surface area contributed by atoms with E-state index in [0.717, 1.165) is 12.0 Å². The molecule has 0 bridgehead atoms. The first-order chi connectivity index (χ1) is 6.77. The minimum absolute atomic E-state index is 0. The minimum atomic E-state index is 0. The molecule has 0 fully saturated rings. The molecule has 1 aromatic rings. The fourth-order valence-corrected chi connectivity index (χ4v) is 1.02. The van der Waals surface area contributed by atoms with Crippen molar-refractivity contribution in [3.05, 3.63) is 42.6 Å². The summed E-state index contributed by atoms with van der Waals surface area (Å²) in [7, 11) is 6.15. The van der Waals surface area contributed by atoms with Gasteiger partial charge >= 0.3 is 28.2 Å². The SMILES string of the molecule is C=CCc1ccc(O)c(OC)c1.[Cl][Pt+].[NH2-]. The van der Waals surface area contributed by atoms with Gasteiger partial charge in [0.1, 0.15) is 0 Å². The van der Waals surface area contributed by atoms with Crippen LogP contribution >= 0.6 is 9.42 Å². The van der Waals surface area contributed by atoms with Crippen LogP contribution in [0.4, 0.5) is 0 Å². The summed E-state index contributed by atoms with van der Waals surface area (Å²) < 4.78 is 4.95. The monoisotopic (exact) mass is 410 g/mol. The Kier molecular flexibility index (Phi) is 11.3. The molecule has 3 nitrogen and oxygen atoms in total. The van der Waals surface area contributed by atoms with Crippen molar-refractivity contribution in [3.63, 3.8) is 0 Å². The van der Waals surface area contributed by atoms with Gasteiger partial charge in [0.05, 0.1) is 7.11 Å². The second-order valence-electron chi connectivity index (χ2n) is 2.50. The quantitative estimate of drug-likeness (QED) is 0.775. The van der Waals surface area contributed by atoms with E-state index in [-0.39, 0.29) is 11.9 Å². The fourth-order valence-electron chi connectivity index (χ4n) is 1.02. The van der Waals surface area contributed by atoms with Gasteiger partial charge in [-0.2, -0.15) is 0 Å². The Morgan fingerprint density at radius 2 is 2.13 bits per heavy atom. The van der Waals surface area contributed by atoms with E-state index in [1.165, 1.54) is 7.11 Å². The number of phenolic OH excluding ortho intramolecular Hbond substituents is 1. The summed E-state index contributed by atoms with van der Waals surface area (Å²) in [4.78, 5) is 0. The Morgan fingerprint density at radius 1 is 1.53 bits per heavy atom. The Balaban J connectivity index is 0. The number of rotatable bonds is 3. The largest absolute Gasteiger partial charge is 0.693 e. The van der Waals surface area contributed by atoms with Crippen LogP contribution < -0.4 is 4.74 Å². The summed E-state index contributed by atoms with van der Waals surface area (Å²) >= 11 is 1.61. The van der Waals surface area contributed by atoms with Crippen LogP contribution in [-0.2, 0) is 25.2 Å². The molecule has 0 aliphatic heterocycles. The van der Waals surface area contributed by atoms with Crippen molar-refractivity contribution in [2.45, 2.75) is 6.42 Å². The van der Waals surface area contributed by atoms with Crippen LogP contribution in [-0.4, -0.2) is 12.2 Å². The summed E-state index contributed by atoms with van der Waals surface area (Å²) in [5.74, 6) is 0.680. The van der Waals surface area contributed by atoms with Crippen molar-refractivity contribution in [1.29, 1.82) is 0 Å². The third-order valence-electron chi connectivity index (χ3n) is 1.62. The van der Waals surface area contributed by atoms with E-state index >= 15 is 0 Å². The molecule has 0 aliphatic rings. The maximum absolute atomic E-state index is 9.25. The van der Waals surface area contributed by atoms with Crippen molar-refractivity contribution in [1.82, 2.24) is 0 Å². The number of phenols is 1. The van der Waals surface area contributed by atoms with E-state index in [2.05, 4.69) is 16.0 Å². The first kappa shape index (κ1) is 16.9. The topological polar surface area (TPSA) is 63.0 Å². The first-order valence-corrected chi connectivity index (χ1v) is 6.68. The van der Waals surface area contributed by atoms with E-state index in [9.17, 15) is 5.11 Å². The molecule has 1 rings (SSSR count). The number of aromatic hydroxyl groups is 1. The van der Waals surface area contributed by atoms with Crippen molar-refractivity contribution in [2.75, 3.05) is 7.11 Å². The Labute approximate surface area is 106 Å². The standard InChI is InChI=1S/C10H12O2.ClH.H2N.Pt/c1-3-4-8-5-6-9(11)10(7-8)12-2;;;/h3,5-7,11H,1,4H2,2H3;1H;1H2;/q;;-1;+2/p-1. The molecule has 15 heavy (non-hydrogen) atoms. The van der Waals surface area contributed by atoms with Gasteiger partial charge in [0.25, 0.3) is 0 Å². The molecule has 0 aromatic heterocycles. The van der Waals surface area contributed by atoms with Gasteiger partial charge in [-0.05, 0) is 24.1 Å². The van der Waals surface area contributed by atoms with Crippen LogP contribution in [0.25, 0.3) is 6.15 Å². The van der Waals surface area contributed by atoms with Gasteiger partial charge in [-0.1, -0.05) is 12.1 Å². The summed E-state index contributed by atoms with van der Waals surface area (Å²) in [6.45, 7) is 3.63. The molecule has 0 saturated heterocycles. The Hall–Kier alpha value is -0.502. The summed E-state index contributed by atoms with van der Waals surface area (Å²) in [5, 5.41) is 9.25. The molecule has 0 unspecified atom stereocenters. The van der Waals surface area contributed by atoms with Crippen LogP contribution in [0, 0.1) is 0 Å². The number of benzene rings is 1. The third-order valence-corrected chi connectivity index (χ3v) is 1.62. The van der Waals surface area contributed by atoms with E-state index in [4.69, 9.17) is 4.74 Å². The fraction of sp³-hybridized carbons (Fsp3) is 0.200. The number of nitrogens with two attached hydrogens (primary N) is 1. The van der Waals surface area contributed by atoms with E-state index in [0.29, 0.717) is 5.75 Å². The number of hydrogen-bond acceptors (Lipinski definition) is 2. The molecular weight excluding hydrogens is 397 g/mol.